The van der Waals surface area contributed by atoms with E-state index in [1.54, 1.807) is 25.1 Å². The van der Waals surface area contributed by atoms with Gasteiger partial charge in [0.2, 0.25) is 5.91 Å². The van der Waals surface area contributed by atoms with E-state index in [4.69, 9.17) is 27.9 Å². The first-order chi connectivity index (χ1) is 13.8. The molecule has 0 fully saturated rings. The summed E-state index contributed by atoms with van der Waals surface area (Å²) in [5.41, 5.74) is 0.925. The number of hydrogen-bond acceptors (Lipinski definition) is 3. The average Bonchev–Trinajstić information content (AvgIpc) is 2.69. The van der Waals surface area contributed by atoms with Crippen molar-refractivity contribution in [2.24, 2.45) is 5.92 Å². The quantitative estimate of drug-likeness (QED) is 0.626. The largest absolute Gasteiger partial charge is 0.482 e. The Kier molecular flexibility index (Phi) is 8.80. The van der Waals surface area contributed by atoms with Gasteiger partial charge in [-0.05, 0) is 36.6 Å². The summed E-state index contributed by atoms with van der Waals surface area (Å²) < 4.78 is 5.59. The predicted octanol–water partition coefficient (Wildman–Crippen LogP) is 4.56. The van der Waals surface area contributed by atoms with Crippen molar-refractivity contribution in [2.75, 3.05) is 13.2 Å². The van der Waals surface area contributed by atoms with Crippen molar-refractivity contribution in [3.63, 3.8) is 0 Å². The first kappa shape index (κ1) is 23.0. The van der Waals surface area contributed by atoms with E-state index >= 15 is 0 Å². The molecule has 0 aliphatic heterocycles. The maximum Gasteiger partial charge on any atom is 0.261 e. The van der Waals surface area contributed by atoms with Gasteiger partial charge in [-0.25, -0.2) is 0 Å². The van der Waals surface area contributed by atoms with Gasteiger partial charge in [-0.1, -0.05) is 67.4 Å². The Balaban J connectivity index is 2.12. The minimum Gasteiger partial charge on any atom is -0.482 e. The summed E-state index contributed by atoms with van der Waals surface area (Å²) in [6.07, 6.45) is 0. The van der Waals surface area contributed by atoms with Crippen LogP contribution in [-0.4, -0.2) is 35.9 Å². The third kappa shape index (κ3) is 7.26. The molecule has 0 bridgehead atoms. The van der Waals surface area contributed by atoms with Crippen molar-refractivity contribution in [2.45, 2.75) is 33.4 Å². The van der Waals surface area contributed by atoms with Crippen LogP contribution in [0.5, 0.6) is 5.75 Å². The highest BCUT2D eigenvalue weighted by molar-refractivity contribution is 6.35. The van der Waals surface area contributed by atoms with Gasteiger partial charge in [0, 0.05) is 18.1 Å². The van der Waals surface area contributed by atoms with E-state index < -0.39 is 6.04 Å². The number of carbonyl (C=O) groups excluding carboxylic acids is 2. The van der Waals surface area contributed by atoms with E-state index in [0.717, 1.165) is 5.56 Å². The van der Waals surface area contributed by atoms with Gasteiger partial charge < -0.3 is 15.0 Å². The second-order valence-corrected chi connectivity index (χ2v) is 8.03. The highest BCUT2D eigenvalue weighted by atomic mass is 35.5. The standard InChI is InChI=1S/C22H26Cl2N2O3/c1-15(2)12-25-22(28)16(3)26(13-17-7-5-4-6-8-17)21(27)14-29-20-10-9-18(23)11-19(20)24/h4-11,15-16H,12-14H2,1-3H3,(H,25,28)/t16-/m1/s1. The van der Waals surface area contributed by atoms with Gasteiger partial charge in [0.1, 0.15) is 11.8 Å². The number of halogens is 2. The first-order valence-electron chi connectivity index (χ1n) is 9.47. The summed E-state index contributed by atoms with van der Waals surface area (Å²) in [4.78, 5) is 27.0. The normalized spacial score (nSPS) is 11.8. The van der Waals surface area contributed by atoms with Gasteiger partial charge in [-0.3, -0.25) is 9.59 Å². The Morgan fingerprint density at radius 1 is 1.07 bits per heavy atom. The number of ether oxygens (including phenoxy) is 1. The van der Waals surface area contributed by atoms with Crippen LogP contribution in [0, 0.1) is 5.92 Å². The van der Waals surface area contributed by atoms with Crippen molar-refractivity contribution < 1.29 is 14.3 Å². The van der Waals surface area contributed by atoms with Crippen LogP contribution in [0.25, 0.3) is 0 Å². The second-order valence-electron chi connectivity index (χ2n) is 7.19. The third-order valence-corrected chi connectivity index (χ3v) is 4.82. The summed E-state index contributed by atoms with van der Waals surface area (Å²) in [5.74, 6) is 0.167. The summed E-state index contributed by atoms with van der Waals surface area (Å²) in [5, 5.41) is 3.69. The van der Waals surface area contributed by atoms with Crippen LogP contribution < -0.4 is 10.1 Å². The molecule has 2 aromatic rings. The van der Waals surface area contributed by atoms with Gasteiger partial charge in [-0.2, -0.15) is 0 Å². The topological polar surface area (TPSA) is 58.6 Å². The van der Waals surface area contributed by atoms with Crippen molar-refractivity contribution in [1.82, 2.24) is 10.2 Å². The van der Waals surface area contributed by atoms with Crippen LogP contribution in [0.2, 0.25) is 10.0 Å². The average molecular weight is 437 g/mol. The Morgan fingerprint density at radius 3 is 2.38 bits per heavy atom. The monoisotopic (exact) mass is 436 g/mol. The number of nitrogens with zero attached hydrogens (tertiary/aromatic N) is 1. The molecule has 2 rings (SSSR count). The molecule has 0 aliphatic carbocycles. The fourth-order valence-corrected chi connectivity index (χ4v) is 3.09. The van der Waals surface area contributed by atoms with Gasteiger partial charge in [0.25, 0.3) is 5.91 Å². The van der Waals surface area contributed by atoms with Crippen molar-refractivity contribution in [1.29, 1.82) is 0 Å². The SMILES string of the molecule is CC(C)CNC(=O)[C@@H](C)N(Cc1ccccc1)C(=O)COc1ccc(Cl)cc1Cl. The van der Waals surface area contributed by atoms with Crippen LogP contribution in [0.1, 0.15) is 26.3 Å². The lowest BCUT2D eigenvalue weighted by Crippen LogP contribution is -2.49. The molecular formula is C22H26Cl2N2O3. The molecule has 0 heterocycles. The molecule has 0 aliphatic rings. The van der Waals surface area contributed by atoms with Crippen LogP contribution in [-0.2, 0) is 16.1 Å². The molecule has 0 aromatic heterocycles. The lowest BCUT2D eigenvalue weighted by molar-refractivity contribution is -0.142. The molecule has 1 atom stereocenters. The Morgan fingerprint density at radius 2 is 1.76 bits per heavy atom. The first-order valence-corrected chi connectivity index (χ1v) is 10.2. The van der Waals surface area contributed by atoms with E-state index in [1.165, 1.54) is 4.90 Å². The summed E-state index contributed by atoms with van der Waals surface area (Å²) in [6, 6.07) is 13.7. The Bertz CT molecular complexity index is 828. The zero-order valence-electron chi connectivity index (χ0n) is 16.8. The molecule has 5 nitrogen and oxygen atoms in total. The number of hydrogen-bond donors (Lipinski definition) is 1. The molecule has 0 spiro atoms. The third-order valence-electron chi connectivity index (χ3n) is 4.29. The molecular weight excluding hydrogens is 411 g/mol. The number of nitrogens with one attached hydrogen (secondary N) is 1. The zero-order valence-corrected chi connectivity index (χ0v) is 18.3. The number of benzene rings is 2. The van der Waals surface area contributed by atoms with Gasteiger partial charge >= 0.3 is 0 Å². The van der Waals surface area contributed by atoms with Gasteiger partial charge in [0.15, 0.2) is 6.61 Å². The molecule has 0 radical (unpaired) electrons. The fourth-order valence-electron chi connectivity index (χ4n) is 2.63. The van der Waals surface area contributed by atoms with Gasteiger partial charge in [0.05, 0.1) is 5.02 Å². The summed E-state index contributed by atoms with van der Waals surface area (Å²) >= 11 is 12.0. The Hall–Kier alpha value is -2.24. The molecule has 0 saturated carbocycles. The molecule has 1 N–H and O–H groups in total. The second kappa shape index (κ2) is 11.1. The van der Waals surface area contributed by atoms with Gasteiger partial charge in [-0.15, -0.1) is 0 Å². The highest BCUT2D eigenvalue weighted by Gasteiger charge is 2.26. The molecule has 7 heteroatoms. The molecule has 0 saturated heterocycles. The van der Waals surface area contributed by atoms with Crippen LogP contribution in [0.4, 0.5) is 0 Å². The van der Waals surface area contributed by atoms with Crippen LogP contribution in [0.15, 0.2) is 48.5 Å². The lowest BCUT2D eigenvalue weighted by Gasteiger charge is -2.29. The minimum absolute atomic E-state index is 0.201. The van der Waals surface area contributed by atoms with E-state index in [2.05, 4.69) is 5.32 Å². The van der Waals surface area contributed by atoms with Crippen molar-refractivity contribution >= 4 is 35.0 Å². The summed E-state index contributed by atoms with van der Waals surface area (Å²) in [7, 11) is 0. The minimum atomic E-state index is -0.647. The van der Waals surface area contributed by atoms with Crippen LogP contribution in [0.3, 0.4) is 0 Å². The number of carbonyl (C=O) groups is 2. The van der Waals surface area contributed by atoms with E-state index in [1.807, 2.05) is 44.2 Å². The molecule has 29 heavy (non-hydrogen) atoms. The Labute approximate surface area is 181 Å². The highest BCUT2D eigenvalue weighted by Crippen LogP contribution is 2.27. The lowest BCUT2D eigenvalue weighted by atomic mass is 10.1. The maximum atomic E-state index is 12.9. The van der Waals surface area contributed by atoms with Crippen molar-refractivity contribution in [3.05, 3.63) is 64.1 Å². The van der Waals surface area contributed by atoms with Crippen molar-refractivity contribution in [3.8, 4) is 5.75 Å². The number of rotatable bonds is 9. The fraction of sp³-hybridized carbons (Fsp3) is 0.364. The zero-order chi connectivity index (χ0) is 21.4. The number of amides is 2. The van der Waals surface area contributed by atoms with Crippen LogP contribution >= 0.6 is 23.2 Å². The summed E-state index contributed by atoms with van der Waals surface area (Å²) in [6.45, 7) is 6.35. The predicted molar refractivity (Wildman–Crippen MR) is 116 cm³/mol. The molecule has 0 unspecified atom stereocenters. The molecule has 156 valence electrons. The maximum absolute atomic E-state index is 12.9. The van der Waals surface area contributed by atoms with E-state index in [0.29, 0.717) is 34.8 Å². The van der Waals surface area contributed by atoms with E-state index in [-0.39, 0.29) is 18.4 Å². The molecule has 2 amide bonds. The van der Waals surface area contributed by atoms with E-state index in [9.17, 15) is 9.59 Å². The smallest absolute Gasteiger partial charge is 0.261 e. The molecule has 2 aromatic carbocycles.